The van der Waals surface area contributed by atoms with Gasteiger partial charge in [-0.3, -0.25) is 4.79 Å². The maximum atomic E-state index is 11.2. The Morgan fingerprint density at radius 2 is 2.36 bits per heavy atom. The molecule has 0 N–H and O–H groups in total. The SMILES string of the molecule is CC(=O)c1cc(Br)ccc1OCC#N. The normalized spacial score (nSPS) is 9.21. The smallest absolute Gasteiger partial charge is 0.174 e. The summed E-state index contributed by atoms with van der Waals surface area (Å²) in [5, 5.41) is 8.34. The highest BCUT2D eigenvalue weighted by atomic mass is 79.9. The number of nitrogens with zero attached hydrogens (tertiary/aromatic N) is 1. The number of rotatable bonds is 3. The minimum absolute atomic E-state index is 0.0537. The molecule has 0 aromatic heterocycles. The minimum Gasteiger partial charge on any atom is -0.478 e. The highest BCUT2D eigenvalue weighted by Crippen LogP contribution is 2.23. The number of carbonyl (C=O) groups is 1. The second-order valence-electron chi connectivity index (χ2n) is 2.64. The van der Waals surface area contributed by atoms with E-state index in [1.165, 1.54) is 6.92 Å². The number of hydrogen-bond donors (Lipinski definition) is 0. The Kier molecular flexibility index (Phi) is 3.66. The predicted molar refractivity (Wildman–Crippen MR) is 55.3 cm³/mol. The van der Waals surface area contributed by atoms with Gasteiger partial charge in [-0.05, 0) is 25.1 Å². The molecule has 0 bridgehead atoms. The maximum Gasteiger partial charge on any atom is 0.174 e. The Hall–Kier alpha value is -1.34. The van der Waals surface area contributed by atoms with Gasteiger partial charge in [-0.25, -0.2) is 0 Å². The van der Waals surface area contributed by atoms with Crippen molar-refractivity contribution in [2.75, 3.05) is 6.61 Å². The fourth-order valence-electron chi connectivity index (χ4n) is 1.01. The lowest BCUT2D eigenvalue weighted by Crippen LogP contribution is -2.01. The number of benzene rings is 1. The lowest BCUT2D eigenvalue weighted by molar-refractivity contribution is 0.101. The molecule has 1 aromatic rings. The van der Waals surface area contributed by atoms with E-state index in [-0.39, 0.29) is 12.4 Å². The van der Waals surface area contributed by atoms with Crippen LogP contribution in [0.4, 0.5) is 0 Å². The van der Waals surface area contributed by atoms with Crippen molar-refractivity contribution in [2.24, 2.45) is 0 Å². The van der Waals surface area contributed by atoms with Crippen molar-refractivity contribution in [3.8, 4) is 11.8 Å². The van der Waals surface area contributed by atoms with Crippen LogP contribution in [0.25, 0.3) is 0 Å². The van der Waals surface area contributed by atoms with Crippen molar-refractivity contribution in [3.05, 3.63) is 28.2 Å². The zero-order chi connectivity index (χ0) is 10.6. The standard InChI is InChI=1S/C10H8BrNO2/c1-7(13)9-6-8(11)2-3-10(9)14-5-4-12/h2-3,6H,5H2,1H3. The van der Waals surface area contributed by atoms with Gasteiger partial charge in [0.1, 0.15) is 11.8 Å². The third-order valence-corrected chi connectivity index (χ3v) is 2.11. The molecule has 0 spiro atoms. The lowest BCUT2D eigenvalue weighted by Gasteiger charge is -2.06. The summed E-state index contributed by atoms with van der Waals surface area (Å²) in [6.07, 6.45) is 0. The number of ketones is 1. The zero-order valence-corrected chi connectivity index (χ0v) is 9.17. The molecule has 0 aliphatic carbocycles. The predicted octanol–water partition coefficient (Wildman–Crippen LogP) is 2.55. The molecule has 0 aliphatic heterocycles. The van der Waals surface area contributed by atoms with Gasteiger partial charge in [-0.2, -0.15) is 5.26 Å². The van der Waals surface area contributed by atoms with E-state index in [0.29, 0.717) is 11.3 Å². The fraction of sp³-hybridized carbons (Fsp3) is 0.200. The van der Waals surface area contributed by atoms with Crippen molar-refractivity contribution < 1.29 is 9.53 Å². The van der Waals surface area contributed by atoms with Gasteiger partial charge in [0.15, 0.2) is 12.4 Å². The molecule has 0 saturated carbocycles. The van der Waals surface area contributed by atoms with E-state index in [2.05, 4.69) is 15.9 Å². The van der Waals surface area contributed by atoms with Crippen molar-refractivity contribution in [3.63, 3.8) is 0 Å². The molecule has 0 heterocycles. The Labute approximate surface area is 90.4 Å². The minimum atomic E-state index is -0.0840. The largest absolute Gasteiger partial charge is 0.478 e. The van der Waals surface area contributed by atoms with Crippen molar-refractivity contribution in [1.29, 1.82) is 5.26 Å². The third kappa shape index (κ3) is 2.57. The lowest BCUT2D eigenvalue weighted by atomic mass is 10.1. The first-order chi connectivity index (χ1) is 6.65. The number of carbonyl (C=O) groups excluding carboxylic acids is 1. The van der Waals surface area contributed by atoms with Crippen molar-refractivity contribution in [1.82, 2.24) is 0 Å². The first-order valence-corrected chi connectivity index (χ1v) is 4.74. The number of hydrogen-bond acceptors (Lipinski definition) is 3. The van der Waals surface area contributed by atoms with E-state index in [0.717, 1.165) is 4.47 Å². The third-order valence-electron chi connectivity index (χ3n) is 1.61. The van der Waals surface area contributed by atoms with Crippen LogP contribution in [0.3, 0.4) is 0 Å². The summed E-state index contributed by atoms with van der Waals surface area (Å²) in [7, 11) is 0. The average molecular weight is 254 g/mol. The Morgan fingerprint density at radius 1 is 1.64 bits per heavy atom. The molecule has 4 heteroatoms. The molecule has 1 aromatic carbocycles. The van der Waals surface area contributed by atoms with Gasteiger partial charge in [-0.1, -0.05) is 15.9 Å². The van der Waals surface area contributed by atoms with Gasteiger partial charge in [0.25, 0.3) is 0 Å². The molecular formula is C10H8BrNO2. The average Bonchev–Trinajstić information content (AvgIpc) is 2.15. The first-order valence-electron chi connectivity index (χ1n) is 3.95. The van der Waals surface area contributed by atoms with Gasteiger partial charge >= 0.3 is 0 Å². The van der Waals surface area contributed by atoms with E-state index >= 15 is 0 Å². The van der Waals surface area contributed by atoms with Crippen LogP contribution >= 0.6 is 15.9 Å². The Balaban J connectivity index is 3.03. The maximum absolute atomic E-state index is 11.2. The second-order valence-corrected chi connectivity index (χ2v) is 3.56. The van der Waals surface area contributed by atoms with Crippen LogP contribution < -0.4 is 4.74 Å². The molecule has 14 heavy (non-hydrogen) atoms. The van der Waals surface area contributed by atoms with Crippen LogP contribution in [0.15, 0.2) is 22.7 Å². The van der Waals surface area contributed by atoms with E-state index in [1.807, 2.05) is 6.07 Å². The molecule has 3 nitrogen and oxygen atoms in total. The summed E-state index contributed by atoms with van der Waals surface area (Å²) in [5.41, 5.74) is 0.481. The van der Waals surface area contributed by atoms with Gasteiger partial charge in [0.05, 0.1) is 5.56 Å². The van der Waals surface area contributed by atoms with Crippen molar-refractivity contribution in [2.45, 2.75) is 6.92 Å². The van der Waals surface area contributed by atoms with Crippen LogP contribution in [0, 0.1) is 11.3 Å². The van der Waals surface area contributed by atoms with E-state index in [9.17, 15) is 4.79 Å². The Bertz CT molecular complexity index is 396. The topological polar surface area (TPSA) is 50.1 Å². The summed E-state index contributed by atoms with van der Waals surface area (Å²) in [4.78, 5) is 11.2. The number of nitriles is 1. The van der Waals surface area contributed by atoms with Gasteiger partial charge in [-0.15, -0.1) is 0 Å². The highest BCUT2D eigenvalue weighted by molar-refractivity contribution is 9.10. The monoisotopic (exact) mass is 253 g/mol. The Morgan fingerprint density at radius 3 is 2.93 bits per heavy atom. The molecule has 0 amide bonds. The summed E-state index contributed by atoms with van der Waals surface area (Å²) >= 11 is 3.26. The molecule has 72 valence electrons. The first kappa shape index (κ1) is 10.7. The molecule has 0 unspecified atom stereocenters. The van der Waals surface area contributed by atoms with E-state index in [1.54, 1.807) is 18.2 Å². The summed E-state index contributed by atoms with van der Waals surface area (Å²) < 4.78 is 5.91. The molecule has 0 fully saturated rings. The highest BCUT2D eigenvalue weighted by Gasteiger charge is 2.08. The van der Waals surface area contributed by atoms with Crippen LogP contribution in [-0.2, 0) is 0 Å². The molecule has 0 aliphatic rings. The number of halogens is 1. The number of ether oxygens (including phenoxy) is 1. The van der Waals surface area contributed by atoms with Crippen LogP contribution in [0.5, 0.6) is 5.75 Å². The van der Waals surface area contributed by atoms with E-state index in [4.69, 9.17) is 10.00 Å². The second kappa shape index (κ2) is 4.77. The van der Waals surface area contributed by atoms with E-state index < -0.39 is 0 Å². The summed E-state index contributed by atoms with van der Waals surface area (Å²) in [6.45, 7) is 1.41. The van der Waals surface area contributed by atoms with Crippen LogP contribution in [0.2, 0.25) is 0 Å². The van der Waals surface area contributed by atoms with Gasteiger partial charge < -0.3 is 4.74 Å². The van der Waals surface area contributed by atoms with Gasteiger partial charge in [0.2, 0.25) is 0 Å². The molecule has 1 rings (SSSR count). The summed E-state index contributed by atoms with van der Waals surface area (Å²) in [5.74, 6) is 0.362. The molecule has 0 radical (unpaired) electrons. The van der Waals surface area contributed by atoms with Crippen LogP contribution in [-0.4, -0.2) is 12.4 Å². The van der Waals surface area contributed by atoms with Gasteiger partial charge in [0, 0.05) is 4.47 Å². The van der Waals surface area contributed by atoms with Crippen LogP contribution in [0.1, 0.15) is 17.3 Å². The number of Topliss-reactive ketones (excluding diaryl/α,β-unsaturated/α-hetero) is 1. The fourth-order valence-corrected chi connectivity index (χ4v) is 1.37. The molecular weight excluding hydrogens is 246 g/mol. The zero-order valence-electron chi connectivity index (χ0n) is 7.58. The summed E-state index contributed by atoms with van der Waals surface area (Å²) in [6, 6.07) is 6.96. The molecule has 0 atom stereocenters. The van der Waals surface area contributed by atoms with Crippen molar-refractivity contribution >= 4 is 21.7 Å². The molecule has 0 saturated heterocycles. The quantitative estimate of drug-likeness (QED) is 0.779.